The molecule has 0 saturated carbocycles. The standard InChI is InChI=1S/C23H41N7O10/c1-10(2)17(23(39)40)29-20(36)13(6-4-5-7-24)27-22(38)18(11(3)31)30-21(37)14(9-15(26)32)28-19(35)12(25)8-16(33)34/h10-14,17-18,31H,4-9,24-25H2,1-3H3,(H2,26,32)(H,27,38)(H,28,35)(H,29,36)(H,30,37)(H,33,34)(H,39,40)/t11-,12+,13+,14+,17+,18+/m1/s1. The molecule has 40 heavy (non-hydrogen) atoms. The highest BCUT2D eigenvalue weighted by Crippen LogP contribution is 2.07. The fraction of sp³-hybridized carbons (Fsp3) is 0.696. The Morgan fingerprint density at radius 3 is 1.70 bits per heavy atom. The van der Waals surface area contributed by atoms with Gasteiger partial charge < -0.3 is 53.8 Å². The number of unbranched alkanes of at least 4 members (excludes halogenated alkanes) is 1. The first-order valence-corrected chi connectivity index (χ1v) is 12.6. The molecule has 0 aliphatic heterocycles. The highest BCUT2D eigenvalue weighted by Gasteiger charge is 2.34. The zero-order valence-electron chi connectivity index (χ0n) is 22.7. The Balaban J connectivity index is 5.79. The molecule has 0 aliphatic carbocycles. The summed E-state index contributed by atoms with van der Waals surface area (Å²) in [5, 5.41) is 37.4. The minimum Gasteiger partial charge on any atom is -0.481 e. The van der Waals surface area contributed by atoms with Crippen molar-refractivity contribution in [2.45, 2.75) is 89.2 Å². The second-order valence-corrected chi connectivity index (χ2v) is 9.58. The van der Waals surface area contributed by atoms with E-state index in [1.165, 1.54) is 0 Å². The monoisotopic (exact) mass is 575 g/mol. The van der Waals surface area contributed by atoms with E-state index in [-0.39, 0.29) is 6.42 Å². The summed E-state index contributed by atoms with van der Waals surface area (Å²) < 4.78 is 0. The van der Waals surface area contributed by atoms with E-state index in [1.54, 1.807) is 13.8 Å². The number of nitrogens with two attached hydrogens (primary N) is 3. The molecule has 0 spiro atoms. The van der Waals surface area contributed by atoms with Crippen LogP contribution in [0, 0.1) is 5.92 Å². The second kappa shape index (κ2) is 17.7. The van der Waals surface area contributed by atoms with Gasteiger partial charge in [-0.05, 0) is 38.6 Å². The molecule has 0 rings (SSSR count). The Labute approximate surface area is 231 Å². The minimum atomic E-state index is -1.70. The van der Waals surface area contributed by atoms with Crippen LogP contribution in [-0.2, 0) is 33.6 Å². The van der Waals surface area contributed by atoms with E-state index >= 15 is 0 Å². The molecule has 0 aromatic carbocycles. The molecule has 17 heteroatoms. The van der Waals surface area contributed by atoms with Gasteiger partial charge in [0.05, 0.1) is 25.0 Å². The van der Waals surface area contributed by atoms with Gasteiger partial charge in [0.15, 0.2) is 0 Å². The molecule has 0 aliphatic rings. The summed E-state index contributed by atoms with van der Waals surface area (Å²) >= 11 is 0. The lowest BCUT2D eigenvalue weighted by Gasteiger charge is -2.27. The van der Waals surface area contributed by atoms with Crippen molar-refractivity contribution < 1.29 is 48.9 Å². The van der Waals surface area contributed by atoms with Gasteiger partial charge >= 0.3 is 11.9 Å². The predicted molar refractivity (Wildman–Crippen MR) is 139 cm³/mol. The lowest BCUT2D eigenvalue weighted by molar-refractivity contribution is -0.143. The maximum Gasteiger partial charge on any atom is 0.326 e. The van der Waals surface area contributed by atoms with E-state index in [0.717, 1.165) is 6.92 Å². The number of carbonyl (C=O) groups excluding carboxylic acids is 5. The van der Waals surface area contributed by atoms with Crippen molar-refractivity contribution in [1.29, 1.82) is 0 Å². The topological polar surface area (TPSA) is 306 Å². The van der Waals surface area contributed by atoms with E-state index in [2.05, 4.69) is 21.3 Å². The lowest BCUT2D eigenvalue weighted by Crippen LogP contribution is -2.61. The maximum absolute atomic E-state index is 13.0. The van der Waals surface area contributed by atoms with Gasteiger partial charge in [-0.15, -0.1) is 0 Å². The quantitative estimate of drug-likeness (QED) is 0.0656. The molecular weight excluding hydrogens is 534 g/mol. The number of hydrogen-bond acceptors (Lipinski definition) is 10. The largest absolute Gasteiger partial charge is 0.481 e. The zero-order valence-corrected chi connectivity index (χ0v) is 22.7. The first-order valence-electron chi connectivity index (χ1n) is 12.6. The average Bonchev–Trinajstić information content (AvgIpc) is 2.82. The molecule has 0 aromatic heterocycles. The third kappa shape index (κ3) is 13.3. The summed E-state index contributed by atoms with van der Waals surface area (Å²) in [4.78, 5) is 84.8. The normalized spacial score (nSPS) is 15.5. The van der Waals surface area contributed by atoms with Gasteiger partial charge in [-0.25, -0.2) is 4.79 Å². The summed E-state index contributed by atoms with van der Waals surface area (Å²) in [6, 6.07) is -7.44. The molecule has 228 valence electrons. The van der Waals surface area contributed by atoms with Crippen molar-refractivity contribution >= 4 is 41.5 Å². The van der Waals surface area contributed by atoms with Crippen LogP contribution in [-0.4, -0.2) is 99.7 Å². The molecule has 17 nitrogen and oxygen atoms in total. The van der Waals surface area contributed by atoms with Crippen LogP contribution in [0.4, 0.5) is 0 Å². The number of aliphatic hydroxyl groups excluding tert-OH is 1. The molecule has 0 aromatic rings. The minimum absolute atomic E-state index is 0.0571. The molecule has 0 radical (unpaired) electrons. The third-order valence-corrected chi connectivity index (χ3v) is 5.64. The average molecular weight is 576 g/mol. The van der Waals surface area contributed by atoms with Crippen LogP contribution in [0.2, 0.25) is 0 Å². The first kappa shape index (κ1) is 36.2. The van der Waals surface area contributed by atoms with Gasteiger partial charge in [-0.1, -0.05) is 13.8 Å². The number of primary amides is 1. The van der Waals surface area contributed by atoms with Crippen LogP contribution < -0.4 is 38.5 Å². The van der Waals surface area contributed by atoms with Gasteiger partial charge in [0.2, 0.25) is 29.5 Å². The Hall–Kier alpha value is -3.83. The number of carbonyl (C=O) groups is 7. The zero-order chi connectivity index (χ0) is 31.2. The lowest BCUT2D eigenvalue weighted by atomic mass is 10.0. The molecule has 0 unspecified atom stereocenters. The number of aliphatic carboxylic acids is 2. The number of hydrogen-bond donors (Lipinski definition) is 10. The van der Waals surface area contributed by atoms with Crippen molar-refractivity contribution in [3.63, 3.8) is 0 Å². The highest BCUT2D eigenvalue weighted by atomic mass is 16.4. The van der Waals surface area contributed by atoms with Crippen LogP contribution in [0.3, 0.4) is 0 Å². The Morgan fingerprint density at radius 2 is 1.25 bits per heavy atom. The number of rotatable bonds is 19. The highest BCUT2D eigenvalue weighted by molar-refractivity contribution is 5.97. The summed E-state index contributed by atoms with van der Waals surface area (Å²) in [7, 11) is 0. The van der Waals surface area contributed by atoms with Crippen molar-refractivity contribution in [2.75, 3.05) is 6.54 Å². The van der Waals surface area contributed by atoms with E-state index < -0.39 is 96.5 Å². The fourth-order valence-electron chi connectivity index (χ4n) is 3.42. The van der Waals surface area contributed by atoms with Gasteiger partial charge in [-0.3, -0.25) is 28.8 Å². The van der Waals surface area contributed by atoms with E-state index in [0.29, 0.717) is 19.4 Å². The Kier molecular flexibility index (Phi) is 16.0. The van der Waals surface area contributed by atoms with Crippen LogP contribution in [0.1, 0.15) is 52.9 Å². The van der Waals surface area contributed by atoms with Crippen molar-refractivity contribution in [1.82, 2.24) is 21.3 Å². The molecular formula is C23H41N7O10. The second-order valence-electron chi connectivity index (χ2n) is 9.58. The van der Waals surface area contributed by atoms with Crippen molar-refractivity contribution in [3.8, 4) is 0 Å². The first-order chi connectivity index (χ1) is 18.5. The number of aliphatic hydroxyl groups is 1. The van der Waals surface area contributed by atoms with Crippen LogP contribution >= 0.6 is 0 Å². The number of carboxylic acids is 2. The Morgan fingerprint density at radius 1 is 0.725 bits per heavy atom. The smallest absolute Gasteiger partial charge is 0.326 e. The van der Waals surface area contributed by atoms with Gasteiger partial charge in [-0.2, -0.15) is 0 Å². The summed E-state index contributed by atoms with van der Waals surface area (Å²) in [6.07, 6.45) is -2.14. The predicted octanol–water partition coefficient (Wildman–Crippen LogP) is -4.15. The van der Waals surface area contributed by atoms with Gasteiger partial charge in [0.1, 0.15) is 24.2 Å². The summed E-state index contributed by atoms with van der Waals surface area (Å²) in [6.45, 7) is 4.60. The molecule has 0 bridgehead atoms. The SMILES string of the molecule is CC(C)[C@H](NC(=O)[C@H](CCCCN)NC(=O)[C@@H](NC(=O)[C@H](CC(N)=O)NC(=O)[C@@H](N)CC(=O)O)[C@@H](C)O)C(=O)O. The van der Waals surface area contributed by atoms with E-state index in [4.69, 9.17) is 22.3 Å². The third-order valence-electron chi connectivity index (χ3n) is 5.64. The molecule has 6 atom stereocenters. The number of carboxylic acid groups (broad SMARTS) is 2. The van der Waals surface area contributed by atoms with Crippen LogP contribution in [0.15, 0.2) is 0 Å². The van der Waals surface area contributed by atoms with Gasteiger partial charge in [0.25, 0.3) is 0 Å². The van der Waals surface area contributed by atoms with Crippen LogP contribution in [0.5, 0.6) is 0 Å². The maximum atomic E-state index is 13.0. The van der Waals surface area contributed by atoms with Gasteiger partial charge in [0, 0.05) is 0 Å². The van der Waals surface area contributed by atoms with E-state index in [1.807, 2.05) is 0 Å². The molecule has 5 amide bonds. The van der Waals surface area contributed by atoms with E-state index in [9.17, 15) is 43.8 Å². The summed E-state index contributed by atoms with van der Waals surface area (Å²) in [5.41, 5.74) is 16.1. The molecule has 0 saturated heterocycles. The fourth-order valence-corrected chi connectivity index (χ4v) is 3.42. The molecule has 0 fully saturated rings. The summed E-state index contributed by atoms with van der Waals surface area (Å²) in [5.74, 6) is -8.24. The molecule has 13 N–H and O–H groups in total. The number of amides is 5. The van der Waals surface area contributed by atoms with Crippen LogP contribution in [0.25, 0.3) is 0 Å². The Bertz CT molecular complexity index is 928. The van der Waals surface area contributed by atoms with Crippen molar-refractivity contribution in [2.24, 2.45) is 23.1 Å². The molecule has 0 heterocycles. The van der Waals surface area contributed by atoms with Crippen molar-refractivity contribution in [3.05, 3.63) is 0 Å². The number of nitrogens with one attached hydrogen (secondary N) is 4.